The molecule has 0 aliphatic rings. The van der Waals surface area contributed by atoms with Gasteiger partial charge in [-0.1, -0.05) is 383 Å². The minimum Gasteiger partial charge on any atom is -0.462 e. The molecule has 0 heterocycles. The summed E-state index contributed by atoms with van der Waals surface area (Å²) in [4.78, 5) is 35.5. The van der Waals surface area contributed by atoms with Crippen LogP contribution in [0.2, 0.25) is 0 Å². The van der Waals surface area contributed by atoms with E-state index in [1.807, 2.05) is 0 Å². The van der Waals surface area contributed by atoms with Gasteiger partial charge in [0.15, 0.2) is 6.10 Å². The number of nitrogens with two attached hydrogens (primary N) is 1. The lowest BCUT2D eigenvalue weighted by Crippen LogP contribution is -2.29. The van der Waals surface area contributed by atoms with Crippen molar-refractivity contribution in [2.45, 2.75) is 418 Å². The van der Waals surface area contributed by atoms with E-state index >= 15 is 0 Å². The van der Waals surface area contributed by atoms with Crippen LogP contribution in [0.15, 0.2) is 60.8 Å². The van der Waals surface area contributed by atoms with Gasteiger partial charge in [0.1, 0.15) is 6.61 Å². The Bertz CT molecular complexity index is 1680. The summed E-state index contributed by atoms with van der Waals surface area (Å²) in [7, 11) is -4.39. The van der Waals surface area contributed by atoms with Gasteiger partial charge in [0.05, 0.1) is 13.2 Å². The summed E-state index contributed by atoms with van der Waals surface area (Å²) >= 11 is 0. The first kappa shape index (κ1) is 88.7. The van der Waals surface area contributed by atoms with E-state index in [0.717, 1.165) is 57.8 Å². The Hall–Kier alpha value is -2.29. The number of carbonyl (C=O) groups is 2. The molecule has 0 aromatic heterocycles. The van der Waals surface area contributed by atoms with Crippen LogP contribution in [-0.2, 0) is 32.7 Å². The zero-order valence-electron chi connectivity index (χ0n) is 60.3. The molecule has 0 aromatic carbocycles. The second-order valence-electron chi connectivity index (χ2n) is 26.9. The highest BCUT2D eigenvalue weighted by molar-refractivity contribution is 7.47. The summed E-state index contributed by atoms with van der Waals surface area (Å²) in [5, 5.41) is 0. The van der Waals surface area contributed by atoms with Crippen molar-refractivity contribution in [2.24, 2.45) is 5.73 Å². The van der Waals surface area contributed by atoms with Crippen LogP contribution in [0.1, 0.15) is 412 Å². The zero-order chi connectivity index (χ0) is 65.8. The van der Waals surface area contributed by atoms with E-state index in [9.17, 15) is 19.0 Å². The predicted octanol–water partition coefficient (Wildman–Crippen LogP) is 26.5. The fourth-order valence-electron chi connectivity index (χ4n) is 12.0. The van der Waals surface area contributed by atoms with Gasteiger partial charge < -0.3 is 20.1 Å². The van der Waals surface area contributed by atoms with Crippen molar-refractivity contribution in [3.05, 3.63) is 60.8 Å². The number of ether oxygens (including phenoxy) is 2. The average molecular weight is 1300 g/mol. The lowest BCUT2D eigenvalue weighted by Gasteiger charge is -2.19. The molecule has 0 saturated carbocycles. The van der Waals surface area contributed by atoms with E-state index < -0.39 is 26.5 Å². The van der Waals surface area contributed by atoms with Crippen LogP contribution < -0.4 is 5.73 Å². The smallest absolute Gasteiger partial charge is 0.462 e. The van der Waals surface area contributed by atoms with Gasteiger partial charge >= 0.3 is 19.8 Å². The lowest BCUT2D eigenvalue weighted by atomic mass is 10.0. The molecule has 0 radical (unpaired) electrons. The topological polar surface area (TPSA) is 134 Å². The van der Waals surface area contributed by atoms with Crippen molar-refractivity contribution >= 4 is 19.8 Å². The monoisotopic (exact) mass is 1300 g/mol. The highest BCUT2D eigenvalue weighted by Gasteiger charge is 2.26. The minimum atomic E-state index is -4.39. The zero-order valence-corrected chi connectivity index (χ0v) is 61.2. The summed E-state index contributed by atoms with van der Waals surface area (Å²) in [6, 6.07) is 0. The summed E-state index contributed by atoms with van der Waals surface area (Å²) in [6.07, 6.45) is 101. The fourth-order valence-corrected chi connectivity index (χ4v) is 12.8. The number of phosphoric ester groups is 1. The molecule has 0 spiro atoms. The second kappa shape index (κ2) is 76.7. The summed E-state index contributed by atoms with van der Waals surface area (Å²) < 4.78 is 33.3. The lowest BCUT2D eigenvalue weighted by molar-refractivity contribution is -0.161. The van der Waals surface area contributed by atoms with Crippen molar-refractivity contribution < 1.29 is 37.6 Å². The summed E-state index contributed by atoms with van der Waals surface area (Å²) in [5.74, 6) is -0.804. The van der Waals surface area contributed by atoms with E-state index in [1.54, 1.807) is 0 Å². The third kappa shape index (κ3) is 76.6. The maximum absolute atomic E-state index is 12.8. The Balaban J connectivity index is 3.75. The number of allylic oxidation sites excluding steroid dienone is 10. The van der Waals surface area contributed by atoms with Crippen LogP contribution in [0.3, 0.4) is 0 Å². The predicted molar refractivity (Wildman–Crippen MR) is 395 cm³/mol. The Kier molecular flexibility index (Phi) is 74.8. The largest absolute Gasteiger partial charge is 0.472 e. The van der Waals surface area contributed by atoms with Gasteiger partial charge in [0, 0.05) is 19.4 Å². The van der Waals surface area contributed by atoms with E-state index in [4.69, 9.17) is 24.3 Å². The summed E-state index contributed by atoms with van der Waals surface area (Å²) in [6.45, 7) is 3.71. The Morgan fingerprint density at radius 2 is 0.604 bits per heavy atom. The van der Waals surface area contributed by atoms with Crippen molar-refractivity contribution in [1.29, 1.82) is 0 Å². The van der Waals surface area contributed by atoms with Gasteiger partial charge in [-0.15, -0.1) is 0 Å². The van der Waals surface area contributed by atoms with Crippen LogP contribution in [-0.4, -0.2) is 49.3 Å². The van der Waals surface area contributed by atoms with Crippen LogP contribution in [0.25, 0.3) is 0 Å². The van der Waals surface area contributed by atoms with Crippen LogP contribution in [0, 0.1) is 0 Å². The standard InChI is InChI=1S/C81H152NO8P/c1-3-5-7-9-11-13-15-17-19-21-23-25-27-29-31-33-35-37-38-39-40-42-43-45-47-49-51-53-55-57-59-61-63-65-67-69-71-73-80(83)87-77-79(78-89-91(85,86)88-76-75-82)90-81(84)74-72-70-68-66-64-62-60-58-56-54-52-50-48-46-44-41-36-34-32-30-28-26-24-22-20-18-16-14-12-10-8-6-4-2/h6,8,12,14,18,20-21,23-24,26,79H,3-5,7,9-11,13,15-17,19,22,25,27-78,82H2,1-2H3,(H,85,86)/b8-6-,14-12-,20-18-,23-21-,26-24-. The second-order valence-corrected chi connectivity index (χ2v) is 28.4. The van der Waals surface area contributed by atoms with Crippen molar-refractivity contribution in [2.75, 3.05) is 26.4 Å². The average Bonchev–Trinajstić information content (AvgIpc) is 3.74. The highest BCUT2D eigenvalue weighted by Crippen LogP contribution is 2.43. The maximum Gasteiger partial charge on any atom is 0.472 e. The Morgan fingerprint density at radius 3 is 0.912 bits per heavy atom. The van der Waals surface area contributed by atoms with Gasteiger partial charge in [-0.3, -0.25) is 18.6 Å². The molecular weight excluding hydrogens is 1150 g/mol. The Labute approximate surface area is 565 Å². The van der Waals surface area contributed by atoms with Crippen LogP contribution >= 0.6 is 7.82 Å². The molecule has 0 aliphatic carbocycles. The van der Waals surface area contributed by atoms with E-state index in [0.29, 0.717) is 6.42 Å². The van der Waals surface area contributed by atoms with Gasteiger partial charge in [-0.25, -0.2) is 4.57 Å². The fraction of sp³-hybridized carbons (Fsp3) is 0.852. The molecule has 0 saturated heterocycles. The van der Waals surface area contributed by atoms with Crippen molar-refractivity contribution in [3.63, 3.8) is 0 Å². The molecule has 534 valence electrons. The number of rotatable bonds is 76. The molecular formula is C81H152NO8P. The summed E-state index contributed by atoms with van der Waals surface area (Å²) in [5.41, 5.74) is 5.42. The third-order valence-corrected chi connectivity index (χ3v) is 18.9. The van der Waals surface area contributed by atoms with Gasteiger partial charge in [0.2, 0.25) is 0 Å². The van der Waals surface area contributed by atoms with Gasteiger partial charge in [-0.05, 0) is 77.0 Å². The SMILES string of the molecule is CC/C=C\C/C=C\C/C=C\C/C=C\CCCCCCCCCCCCCCCCCCCCCCC(=O)OC(COC(=O)CCCCCCCCCCCCCCCCCCCCCCCCCCC/C=C\CCCCCCCCCC)COP(=O)(O)OCCN. The van der Waals surface area contributed by atoms with Gasteiger partial charge in [-0.2, -0.15) is 0 Å². The molecule has 10 heteroatoms. The molecule has 3 N–H and O–H groups in total. The van der Waals surface area contributed by atoms with E-state index in [1.165, 1.54) is 321 Å². The normalized spacial score (nSPS) is 13.1. The van der Waals surface area contributed by atoms with Crippen molar-refractivity contribution in [1.82, 2.24) is 0 Å². The van der Waals surface area contributed by atoms with E-state index in [-0.39, 0.29) is 38.6 Å². The molecule has 0 amide bonds. The number of esters is 2. The molecule has 2 atom stereocenters. The molecule has 0 bridgehead atoms. The minimum absolute atomic E-state index is 0.0553. The first-order valence-electron chi connectivity index (χ1n) is 39.8. The number of carbonyl (C=O) groups excluding carboxylic acids is 2. The first-order valence-corrected chi connectivity index (χ1v) is 41.3. The molecule has 91 heavy (non-hydrogen) atoms. The van der Waals surface area contributed by atoms with Gasteiger partial charge in [0.25, 0.3) is 0 Å². The van der Waals surface area contributed by atoms with Crippen molar-refractivity contribution in [3.8, 4) is 0 Å². The number of hydrogen-bond donors (Lipinski definition) is 2. The first-order chi connectivity index (χ1) is 44.8. The third-order valence-electron chi connectivity index (χ3n) is 17.9. The highest BCUT2D eigenvalue weighted by atomic mass is 31.2. The molecule has 0 fully saturated rings. The quantitative estimate of drug-likeness (QED) is 0.0264. The molecule has 9 nitrogen and oxygen atoms in total. The van der Waals surface area contributed by atoms with Crippen LogP contribution in [0.4, 0.5) is 0 Å². The maximum atomic E-state index is 12.8. The Morgan fingerprint density at radius 1 is 0.341 bits per heavy atom. The number of phosphoric acid groups is 1. The van der Waals surface area contributed by atoms with E-state index in [2.05, 4.69) is 74.6 Å². The molecule has 0 aromatic rings. The molecule has 2 unspecified atom stereocenters. The molecule has 0 aliphatic heterocycles. The van der Waals surface area contributed by atoms with Crippen LogP contribution in [0.5, 0.6) is 0 Å². The number of hydrogen-bond acceptors (Lipinski definition) is 8. The number of unbranched alkanes of at least 4 members (excludes halogenated alkanes) is 53. The molecule has 0 rings (SSSR count).